The van der Waals surface area contributed by atoms with E-state index in [4.69, 9.17) is 14.6 Å². The number of carbonyl (C=O) groups excluding carboxylic acids is 1. The van der Waals surface area contributed by atoms with Crippen molar-refractivity contribution in [1.29, 1.82) is 0 Å². The van der Waals surface area contributed by atoms with E-state index < -0.39 is 17.2 Å². The van der Waals surface area contributed by atoms with Crippen LogP contribution in [0, 0.1) is 5.82 Å². The molecule has 24 heavy (non-hydrogen) atoms. The van der Waals surface area contributed by atoms with E-state index in [2.05, 4.69) is 0 Å². The van der Waals surface area contributed by atoms with Crippen LogP contribution in [0.2, 0.25) is 0 Å². The van der Waals surface area contributed by atoms with Gasteiger partial charge in [0.05, 0.1) is 19.2 Å². The molecule has 6 nitrogen and oxygen atoms in total. The van der Waals surface area contributed by atoms with E-state index in [1.165, 1.54) is 19.4 Å². The molecule has 7 heteroatoms. The van der Waals surface area contributed by atoms with Gasteiger partial charge in [-0.15, -0.1) is 0 Å². The first-order valence-electron chi connectivity index (χ1n) is 7.77. The number of aliphatic hydroxyl groups is 1. The van der Waals surface area contributed by atoms with Crippen LogP contribution in [0.4, 0.5) is 4.39 Å². The Morgan fingerprint density at radius 1 is 1.42 bits per heavy atom. The van der Waals surface area contributed by atoms with Gasteiger partial charge in [-0.25, -0.2) is 9.18 Å². The highest BCUT2D eigenvalue weighted by molar-refractivity contribution is 5.94. The van der Waals surface area contributed by atoms with Crippen LogP contribution in [0.3, 0.4) is 0 Å². The Hall–Kier alpha value is -2.41. The molecule has 0 aliphatic heterocycles. The van der Waals surface area contributed by atoms with Gasteiger partial charge < -0.3 is 19.1 Å². The normalized spacial score (nSPS) is 14.0. The molecule has 1 saturated carbocycles. The number of carbonyl (C=O) groups is 1. The molecule has 128 valence electrons. The summed E-state index contributed by atoms with van der Waals surface area (Å²) in [6.45, 7) is -0.0878. The minimum absolute atomic E-state index is 0.0210. The number of halogens is 1. The molecule has 1 aromatic carbocycles. The lowest BCUT2D eigenvalue weighted by Crippen LogP contribution is -2.21. The first kappa shape index (κ1) is 16.4. The van der Waals surface area contributed by atoms with Crippen molar-refractivity contribution < 1.29 is 23.8 Å². The minimum Gasteiger partial charge on any atom is -0.494 e. The van der Waals surface area contributed by atoms with Gasteiger partial charge in [-0.3, -0.25) is 4.79 Å². The van der Waals surface area contributed by atoms with Crippen LogP contribution >= 0.6 is 0 Å². The largest absolute Gasteiger partial charge is 0.494 e. The molecule has 0 unspecified atom stereocenters. The van der Waals surface area contributed by atoms with E-state index in [1.807, 2.05) is 0 Å². The quantitative estimate of drug-likeness (QED) is 0.645. The molecule has 1 aliphatic rings. The van der Waals surface area contributed by atoms with E-state index in [1.54, 1.807) is 4.57 Å². The maximum Gasteiger partial charge on any atom is 0.343 e. The van der Waals surface area contributed by atoms with Crippen molar-refractivity contribution in [2.75, 3.05) is 20.3 Å². The molecular weight excluding hydrogens is 317 g/mol. The zero-order valence-electron chi connectivity index (χ0n) is 13.3. The number of aliphatic hydroxyl groups excluding tert-OH is 1. The molecule has 1 aromatic heterocycles. The lowest BCUT2D eigenvalue weighted by atomic mass is 10.1. The van der Waals surface area contributed by atoms with Crippen molar-refractivity contribution in [2.24, 2.45) is 0 Å². The Balaban J connectivity index is 2.13. The fourth-order valence-electron chi connectivity index (χ4n) is 2.61. The van der Waals surface area contributed by atoms with Crippen LogP contribution in [0.5, 0.6) is 5.75 Å². The van der Waals surface area contributed by atoms with Crippen molar-refractivity contribution in [3.8, 4) is 5.75 Å². The van der Waals surface area contributed by atoms with E-state index in [-0.39, 0.29) is 36.0 Å². The van der Waals surface area contributed by atoms with Gasteiger partial charge in [0.15, 0.2) is 11.6 Å². The van der Waals surface area contributed by atoms with Gasteiger partial charge in [0.1, 0.15) is 5.56 Å². The molecule has 1 heterocycles. The Bertz CT molecular complexity index is 841. The highest BCUT2D eigenvalue weighted by Crippen LogP contribution is 2.38. The van der Waals surface area contributed by atoms with Crippen LogP contribution in [-0.2, 0) is 4.74 Å². The van der Waals surface area contributed by atoms with Gasteiger partial charge in [-0.05, 0) is 18.9 Å². The fraction of sp³-hybridized carbons (Fsp3) is 0.412. The molecule has 1 fully saturated rings. The van der Waals surface area contributed by atoms with Crippen LogP contribution in [0.25, 0.3) is 10.9 Å². The van der Waals surface area contributed by atoms with Gasteiger partial charge in [-0.1, -0.05) is 0 Å². The van der Waals surface area contributed by atoms with Crippen molar-refractivity contribution >= 4 is 16.9 Å². The number of esters is 1. The van der Waals surface area contributed by atoms with Crippen molar-refractivity contribution in [2.45, 2.75) is 25.3 Å². The molecule has 1 N–H and O–H groups in total. The summed E-state index contributed by atoms with van der Waals surface area (Å²) >= 11 is 0. The number of aromatic nitrogens is 1. The smallest absolute Gasteiger partial charge is 0.343 e. The van der Waals surface area contributed by atoms with Crippen LogP contribution < -0.4 is 10.2 Å². The zero-order valence-corrected chi connectivity index (χ0v) is 13.3. The summed E-state index contributed by atoms with van der Waals surface area (Å²) in [5.74, 6) is -1.37. The highest BCUT2D eigenvalue weighted by atomic mass is 19.1. The number of hydrogen-bond acceptors (Lipinski definition) is 5. The van der Waals surface area contributed by atoms with Gasteiger partial charge in [0.2, 0.25) is 5.43 Å². The van der Waals surface area contributed by atoms with E-state index in [0.717, 1.165) is 18.9 Å². The number of hydrogen-bond donors (Lipinski definition) is 1. The van der Waals surface area contributed by atoms with Gasteiger partial charge in [0, 0.05) is 36.7 Å². The first-order valence-corrected chi connectivity index (χ1v) is 7.77. The molecule has 1 aliphatic carbocycles. The third kappa shape index (κ3) is 2.99. The average Bonchev–Trinajstić information content (AvgIpc) is 3.40. The van der Waals surface area contributed by atoms with E-state index in [9.17, 15) is 14.0 Å². The van der Waals surface area contributed by atoms with Crippen LogP contribution in [0.15, 0.2) is 23.1 Å². The predicted octanol–water partition coefficient (Wildman–Crippen LogP) is 2.02. The third-order valence-electron chi connectivity index (χ3n) is 4.00. The van der Waals surface area contributed by atoms with Crippen molar-refractivity contribution in [3.63, 3.8) is 0 Å². The molecule has 0 spiro atoms. The van der Waals surface area contributed by atoms with Crippen molar-refractivity contribution in [3.05, 3.63) is 39.9 Å². The zero-order chi connectivity index (χ0) is 17.3. The fourth-order valence-corrected chi connectivity index (χ4v) is 2.61. The van der Waals surface area contributed by atoms with Gasteiger partial charge >= 0.3 is 5.97 Å². The molecule has 2 aromatic rings. The van der Waals surface area contributed by atoms with E-state index in [0.29, 0.717) is 11.9 Å². The molecule has 0 atom stereocenters. The lowest BCUT2D eigenvalue weighted by molar-refractivity contribution is 0.0480. The van der Waals surface area contributed by atoms with E-state index >= 15 is 0 Å². The number of pyridine rings is 1. The maximum atomic E-state index is 14.0. The van der Waals surface area contributed by atoms with Gasteiger partial charge in [-0.2, -0.15) is 0 Å². The molecule has 0 amide bonds. The molecule has 0 saturated heterocycles. The Morgan fingerprint density at radius 3 is 2.79 bits per heavy atom. The third-order valence-corrected chi connectivity index (χ3v) is 4.00. The Labute approximate surface area is 137 Å². The number of fused-ring (bicyclic) bond motifs is 1. The number of nitrogens with zero attached hydrogens (tertiary/aromatic N) is 1. The second-order valence-electron chi connectivity index (χ2n) is 5.73. The van der Waals surface area contributed by atoms with Crippen LogP contribution in [-0.4, -0.2) is 36.0 Å². The first-order chi connectivity index (χ1) is 11.6. The summed E-state index contributed by atoms with van der Waals surface area (Å²) in [6.07, 6.45) is 3.62. The monoisotopic (exact) mass is 335 g/mol. The number of ether oxygens (including phenoxy) is 2. The Kier molecular flexibility index (Phi) is 4.53. The summed E-state index contributed by atoms with van der Waals surface area (Å²) in [5.41, 5.74) is -0.165. The molecular formula is C17H18FNO5. The minimum atomic E-state index is -0.763. The second-order valence-corrected chi connectivity index (χ2v) is 5.73. The molecule has 0 bridgehead atoms. The Morgan fingerprint density at radius 2 is 2.17 bits per heavy atom. The summed E-state index contributed by atoms with van der Waals surface area (Å²) in [5, 5.41) is 8.86. The lowest BCUT2D eigenvalue weighted by Gasteiger charge is -2.14. The molecule has 0 radical (unpaired) electrons. The standard InChI is InChI=1S/C17H18FNO5/c1-23-15-8-14-11(7-13(15)18)16(21)12(9-19(14)10-3-4-10)17(22)24-6-2-5-20/h7-10,20H,2-6H2,1H3. The SMILES string of the molecule is COc1cc2c(cc1F)c(=O)c(C(=O)OCCCO)cn2C1CC1. The molecule has 3 rings (SSSR count). The summed E-state index contributed by atoms with van der Waals surface area (Å²) < 4.78 is 25.8. The summed E-state index contributed by atoms with van der Waals surface area (Å²) in [4.78, 5) is 24.7. The number of benzene rings is 1. The maximum absolute atomic E-state index is 14.0. The summed E-state index contributed by atoms with van der Waals surface area (Å²) in [7, 11) is 1.36. The van der Waals surface area contributed by atoms with Crippen molar-refractivity contribution in [1.82, 2.24) is 4.57 Å². The number of rotatable bonds is 6. The second kappa shape index (κ2) is 6.60. The summed E-state index contributed by atoms with van der Waals surface area (Å²) in [6, 6.07) is 2.75. The topological polar surface area (TPSA) is 77.8 Å². The van der Waals surface area contributed by atoms with Gasteiger partial charge in [0.25, 0.3) is 0 Å². The number of methoxy groups -OCH3 is 1. The van der Waals surface area contributed by atoms with Crippen LogP contribution in [0.1, 0.15) is 35.7 Å². The highest BCUT2D eigenvalue weighted by Gasteiger charge is 2.28. The predicted molar refractivity (Wildman–Crippen MR) is 85.0 cm³/mol. The average molecular weight is 335 g/mol.